The standard InChI is InChI=1S/C17H33N3O/c1-12(2)19-17(16(18)21)9-8-15(11-17)20(4)14-7-5-6-13(3)10-14/h12-15,19H,5-11H2,1-4H3,(H2,18,21). The fourth-order valence-electron chi connectivity index (χ4n) is 4.42. The normalized spacial score (nSPS) is 37.3. The summed E-state index contributed by atoms with van der Waals surface area (Å²) < 4.78 is 0. The van der Waals surface area contributed by atoms with Crippen LogP contribution in [-0.4, -0.2) is 41.5 Å². The predicted molar refractivity (Wildman–Crippen MR) is 87.0 cm³/mol. The Balaban J connectivity index is 2.01. The summed E-state index contributed by atoms with van der Waals surface area (Å²) in [6.45, 7) is 6.54. The average molecular weight is 295 g/mol. The largest absolute Gasteiger partial charge is 0.368 e. The average Bonchev–Trinajstić information content (AvgIpc) is 2.82. The first kappa shape index (κ1) is 16.8. The van der Waals surface area contributed by atoms with Gasteiger partial charge in [0.25, 0.3) is 0 Å². The van der Waals surface area contributed by atoms with Gasteiger partial charge in [0.2, 0.25) is 5.91 Å². The summed E-state index contributed by atoms with van der Waals surface area (Å²) in [6, 6.07) is 1.46. The molecule has 0 heterocycles. The summed E-state index contributed by atoms with van der Waals surface area (Å²) in [6.07, 6.45) is 8.12. The molecule has 2 aliphatic carbocycles. The Hall–Kier alpha value is -0.610. The lowest BCUT2D eigenvalue weighted by atomic mass is 9.85. The maximum atomic E-state index is 12.0. The smallest absolute Gasteiger partial charge is 0.237 e. The van der Waals surface area contributed by atoms with Crippen molar-refractivity contribution < 1.29 is 4.79 Å². The number of hydrogen-bond acceptors (Lipinski definition) is 3. The molecule has 2 saturated carbocycles. The van der Waals surface area contributed by atoms with Crippen LogP contribution in [0.25, 0.3) is 0 Å². The van der Waals surface area contributed by atoms with Gasteiger partial charge >= 0.3 is 0 Å². The van der Waals surface area contributed by atoms with E-state index >= 15 is 0 Å². The minimum atomic E-state index is -0.493. The lowest BCUT2D eigenvalue weighted by Crippen LogP contribution is -2.57. The molecule has 3 N–H and O–H groups in total. The fourth-order valence-corrected chi connectivity index (χ4v) is 4.42. The zero-order valence-corrected chi connectivity index (χ0v) is 14.2. The molecule has 0 saturated heterocycles. The first-order valence-corrected chi connectivity index (χ1v) is 8.63. The third kappa shape index (κ3) is 3.78. The monoisotopic (exact) mass is 295 g/mol. The number of nitrogens with two attached hydrogens (primary N) is 1. The van der Waals surface area contributed by atoms with Crippen LogP contribution in [-0.2, 0) is 4.79 Å². The second-order valence-corrected chi connectivity index (χ2v) is 7.73. The third-order valence-electron chi connectivity index (χ3n) is 5.59. The molecule has 4 atom stereocenters. The van der Waals surface area contributed by atoms with Gasteiger partial charge in [-0.1, -0.05) is 19.8 Å². The molecule has 122 valence electrons. The number of amides is 1. The summed E-state index contributed by atoms with van der Waals surface area (Å²) >= 11 is 0. The summed E-state index contributed by atoms with van der Waals surface area (Å²) in [4.78, 5) is 14.5. The van der Waals surface area contributed by atoms with E-state index < -0.39 is 5.54 Å². The van der Waals surface area contributed by atoms with E-state index in [1.807, 2.05) is 0 Å². The Morgan fingerprint density at radius 3 is 2.57 bits per heavy atom. The molecule has 2 fully saturated rings. The highest BCUT2D eigenvalue weighted by molar-refractivity contribution is 5.85. The number of hydrogen-bond donors (Lipinski definition) is 2. The van der Waals surface area contributed by atoms with E-state index in [0.717, 1.165) is 25.2 Å². The van der Waals surface area contributed by atoms with E-state index in [4.69, 9.17) is 5.73 Å². The molecule has 0 aliphatic heterocycles. The van der Waals surface area contributed by atoms with Gasteiger partial charge in [-0.3, -0.25) is 4.79 Å². The minimum Gasteiger partial charge on any atom is -0.368 e. The topological polar surface area (TPSA) is 58.4 Å². The zero-order chi connectivity index (χ0) is 15.6. The second-order valence-electron chi connectivity index (χ2n) is 7.73. The molecule has 1 amide bonds. The summed E-state index contributed by atoms with van der Waals surface area (Å²) in [5.74, 6) is 0.659. The Labute approximate surface area is 129 Å². The molecule has 0 spiro atoms. The van der Waals surface area contributed by atoms with Crippen molar-refractivity contribution in [3.05, 3.63) is 0 Å². The van der Waals surface area contributed by atoms with Crippen LogP contribution in [0.3, 0.4) is 0 Å². The molecule has 4 unspecified atom stereocenters. The van der Waals surface area contributed by atoms with E-state index in [0.29, 0.717) is 12.1 Å². The number of carbonyl (C=O) groups is 1. The van der Waals surface area contributed by atoms with Crippen molar-refractivity contribution in [2.45, 2.75) is 89.4 Å². The molecule has 4 heteroatoms. The van der Waals surface area contributed by atoms with Gasteiger partial charge in [-0.15, -0.1) is 0 Å². The summed E-state index contributed by atoms with van der Waals surface area (Å²) in [5, 5.41) is 3.45. The molecule has 0 aromatic heterocycles. The van der Waals surface area contributed by atoms with Gasteiger partial charge in [0.05, 0.1) is 5.54 Å². The van der Waals surface area contributed by atoms with Gasteiger partial charge in [0, 0.05) is 18.1 Å². The second kappa shape index (κ2) is 6.66. The van der Waals surface area contributed by atoms with Crippen LogP contribution in [0.4, 0.5) is 0 Å². The third-order valence-corrected chi connectivity index (χ3v) is 5.59. The molecule has 21 heavy (non-hydrogen) atoms. The number of carbonyl (C=O) groups excluding carboxylic acids is 1. The van der Waals surface area contributed by atoms with Crippen LogP contribution < -0.4 is 11.1 Å². The molecule has 0 aromatic rings. The van der Waals surface area contributed by atoms with Gasteiger partial charge in [-0.25, -0.2) is 0 Å². The van der Waals surface area contributed by atoms with Crippen LogP contribution in [0.1, 0.15) is 65.7 Å². The van der Waals surface area contributed by atoms with E-state index in [1.54, 1.807) is 0 Å². The van der Waals surface area contributed by atoms with Gasteiger partial charge in [0.15, 0.2) is 0 Å². The van der Waals surface area contributed by atoms with E-state index in [-0.39, 0.29) is 11.9 Å². The maximum Gasteiger partial charge on any atom is 0.237 e. The quantitative estimate of drug-likeness (QED) is 0.818. The van der Waals surface area contributed by atoms with Gasteiger partial charge in [-0.2, -0.15) is 0 Å². The van der Waals surface area contributed by atoms with Crippen molar-refractivity contribution in [2.75, 3.05) is 7.05 Å². The molecule has 0 radical (unpaired) electrons. The highest BCUT2D eigenvalue weighted by Gasteiger charge is 2.46. The van der Waals surface area contributed by atoms with Crippen molar-refractivity contribution in [3.8, 4) is 0 Å². The number of primary amides is 1. The predicted octanol–water partition coefficient (Wildman–Crippen LogP) is 2.27. The number of rotatable bonds is 5. The van der Waals surface area contributed by atoms with Crippen LogP contribution in [0.5, 0.6) is 0 Å². The Morgan fingerprint density at radius 2 is 2.00 bits per heavy atom. The summed E-state index contributed by atoms with van der Waals surface area (Å²) in [7, 11) is 2.25. The Bertz CT molecular complexity index is 371. The van der Waals surface area contributed by atoms with Crippen molar-refractivity contribution in [1.82, 2.24) is 10.2 Å². The van der Waals surface area contributed by atoms with Crippen LogP contribution in [0, 0.1) is 5.92 Å². The molecular formula is C17H33N3O. The van der Waals surface area contributed by atoms with E-state index in [9.17, 15) is 4.79 Å². The maximum absolute atomic E-state index is 12.0. The van der Waals surface area contributed by atoms with Gasteiger partial charge in [-0.05, 0) is 58.9 Å². The minimum absolute atomic E-state index is 0.177. The van der Waals surface area contributed by atoms with Crippen molar-refractivity contribution in [1.29, 1.82) is 0 Å². The zero-order valence-electron chi connectivity index (χ0n) is 14.2. The summed E-state index contributed by atoms with van der Waals surface area (Å²) in [5.41, 5.74) is 5.23. The fraction of sp³-hybridized carbons (Fsp3) is 0.941. The van der Waals surface area contributed by atoms with Crippen molar-refractivity contribution in [2.24, 2.45) is 11.7 Å². The molecule has 2 rings (SSSR count). The Kier molecular flexibility index (Phi) is 5.31. The van der Waals surface area contributed by atoms with Crippen molar-refractivity contribution in [3.63, 3.8) is 0 Å². The highest BCUT2D eigenvalue weighted by Crippen LogP contribution is 2.36. The lowest BCUT2D eigenvalue weighted by Gasteiger charge is -2.38. The Morgan fingerprint density at radius 1 is 1.29 bits per heavy atom. The molecule has 4 nitrogen and oxygen atoms in total. The van der Waals surface area contributed by atoms with E-state index in [1.165, 1.54) is 25.7 Å². The van der Waals surface area contributed by atoms with Gasteiger partial charge in [0.1, 0.15) is 0 Å². The first-order valence-electron chi connectivity index (χ1n) is 8.63. The van der Waals surface area contributed by atoms with Crippen LogP contribution in [0.15, 0.2) is 0 Å². The number of nitrogens with one attached hydrogen (secondary N) is 1. The van der Waals surface area contributed by atoms with Crippen molar-refractivity contribution >= 4 is 5.91 Å². The van der Waals surface area contributed by atoms with Gasteiger partial charge < -0.3 is 16.0 Å². The van der Waals surface area contributed by atoms with E-state index in [2.05, 4.69) is 38.0 Å². The number of nitrogens with zero attached hydrogens (tertiary/aromatic N) is 1. The molecular weight excluding hydrogens is 262 g/mol. The first-order chi connectivity index (χ1) is 9.84. The molecule has 0 aromatic carbocycles. The highest BCUT2D eigenvalue weighted by atomic mass is 16.1. The van der Waals surface area contributed by atoms with Crippen LogP contribution in [0.2, 0.25) is 0 Å². The SMILES string of the molecule is CC1CCCC(N(C)C2CCC(NC(C)C)(C(N)=O)C2)C1. The lowest BCUT2D eigenvalue weighted by molar-refractivity contribution is -0.124. The van der Waals surface area contributed by atoms with Crippen LogP contribution >= 0.6 is 0 Å². The molecule has 0 bridgehead atoms. The molecule has 2 aliphatic rings.